The molecule has 0 bridgehead atoms. The first-order chi connectivity index (χ1) is 16.9. The number of anilines is 1. The van der Waals surface area contributed by atoms with Gasteiger partial charge in [0.1, 0.15) is 11.6 Å². The Morgan fingerprint density at radius 2 is 1.64 bits per heavy atom. The molecule has 1 heterocycles. The highest BCUT2D eigenvalue weighted by Crippen LogP contribution is 2.50. The summed E-state index contributed by atoms with van der Waals surface area (Å²) in [6, 6.07) is 12.9. The maximum atomic E-state index is 13.7. The van der Waals surface area contributed by atoms with Crippen molar-refractivity contribution in [2.24, 2.45) is 16.3 Å². The van der Waals surface area contributed by atoms with Gasteiger partial charge in [0, 0.05) is 23.4 Å². The second-order valence-electron chi connectivity index (χ2n) is 9.67. The molecule has 1 atom stereocenters. The average Bonchev–Trinajstić information content (AvgIpc) is 2.82. The Labute approximate surface area is 210 Å². The van der Waals surface area contributed by atoms with E-state index in [1.165, 1.54) is 19.2 Å². The van der Waals surface area contributed by atoms with E-state index in [0.29, 0.717) is 41.1 Å². The Kier molecular flexibility index (Phi) is 6.44. The number of sulfonamides is 1. The molecule has 2 aromatic carbocycles. The molecule has 1 aliphatic carbocycles. The zero-order chi connectivity index (χ0) is 26.4. The third kappa shape index (κ3) is 4.49. The number of carbonyl (C=O) groups excluding carboxylic acids is 2. The number of hydrogen-bond donors (Lipinski definition) is 2. The molecule has 1 unspecified atom stereocenters. The number of nitrogens with two attached hydrogens (primary N) is 2. The van der Waals surface area contributed by atoms with E-state index in [9.17, 15) is 18.0 Å². The van der Waals surface area contributed by atoms with Crippen molar-refractivity contribution in [3.63, 3.8) is 0 Å². The van der Waals surface area contributed by atoms with Gasteiger partial charge in [-0.25, -0.2) is 18.4 Å². The van der Waals surface area contributed by atoms with Crippen molar-refractivity contribution in [3.05, 3.63) is 76.8 Å². The lowest BCUT2D eigenvalue weighted by Crippen LogP contribution is -2.43. The predicted octanol–water partition coefficient (Wildman–Crippen LogP) is 2.93. The number of ether oxygens (including phenoxy) is 2. The number of methoxy groups -OCH3 is 2. The topological polar surface area (TPSA) is 142 Å². The molecule has 0 aromatic heterocycles. The number of esters is 1. The molecule has 0 saturated carbocycles. The van der Waals surface area contributed by atoms with Crippen molar-refractivity contribution in [2.45, 2.75) is 37.5 Å². The number of ketones is 1. The number of nitrogens with zero attached hydrogens (tertiary/aromatic N) is 1. The normalized spacial score (nSPS) is 19.8. The summed E-state index contributed by atoms with van der Waals surface area (Å²) < 4.78 is 33.9. The Hall–Kier alpha value is -3.63. The summed E-state index contributed by atoms with van der Waals surface area (Å²) in [5.41, 5.74) is 8.75. The predicted molar refractivity (Wildman–Crippen MR) is 134 cm³/mol. The minimum Gasteiger partial charge on any atom is -0.497 e. The number of Topliss-reactive ketones (excluding diaryl/α,β-unsaturated/α-hetero) is 1. The Morgan fingerprint density at radius 1 is 1.03 bits per heavy atom. The van der Waals surface area contributed by atoms with Gasteiger partial charge in [0.25, 0.3) is 0 Å². The SMILES string of the molecule is COC(=O)C1=C(N)N(c2ccc(S(N)(=O)=O)cc2)C2=C(C(=O)CC(C)(C)C2)C1c1ccc(OC)cc1. The van der Waals surface area contributed by atoms with E-state index in [1.807, 2.05) is 13.8 Å². The number of hydrogen-bond acceptors (Lipinski definition) is 8. The molecule has 9 nitrogen and oxygen atoms in total. The molecule has 0 spiro atoms. The third-order valence-corrected chi connectivity index (χ3v) is 7.47. The van der Waals surface area contributed by atoms with Gasteiger partial charge in [-0.3, -0.25) is 9.69 Å². The van der Waals surface area contributed by atoms with Gasteiger partial charge in [-0.05, 0) is 53.8 Å². The van der Waals surface area contributed by atoms with E-state index in [-0.39, 0.29) is 27.5 Å². The first-order valence-corrected chi connectivity index (χ1v) is 12.8. The molecule has 0 saturated heterocycles. The second-order valence-corrected chi connectivity index (χ2v) is 11.2. The van der Waals surface area contributed by atoms with Gasteiger partial charge in [-0.15, -0.1) is 0 Å². The van der Waals surface area contributed by atoms with E-state index in [2.05, 4.69) is 0 Å². The maximum absolute atomic E-state index is 13.7. The quantitative estimate of drug-likeness (QED) is 0.584. The standard InChI is InChI=1S/C26H29N3O6S/c1-26(2)13-19-22(20(30)14-26)21(15-5-9-17(34-3)10-6-15)23(25(31)35-4)24(27)29(19)16-7-11-18(12-8-16)36(28,32)33/h5-12,21H,13-14,27H2,1-4H3,(H2,28,32,33). The molecule has 2 aromatic rings. The summed E-state index contributed by atoms with van der Waals surface area (Å²) in [5.74, 6) is -0.754. The molecule has 2 aliphatic rings. The van der Waals surface area contributed by atoms with Crippen LogP contribution in [-0.4, -0.2) is 34.4 Å². The molecular formula is C26H29N3O6S. The van der Waals surface area contributed by atoms with Crippen LogP contribution in [0.5, 0.6) is 5.75 Å². The Bertz CT molecular complexity index is 1390. The van der Waals surface area contributed by atoms with E-state index in [1.54, 1.807) is 48.4 Å². The fourth-order valence-corrected chi connectivity index (χ4v) is 5.44. The molecular weight excluding hydrogens is 482 g/mol. The van der Waals surface area contributed by atoms with Crippen molar-refractivity contribution < 1.29 is 27.5 Å². The smallest absolute Gasteiger partial charge is 0.338 e. The Balaban J connectivity index is 1.99. The highest BCUT2D eigenvalue weighted by Gasteiger charge is 2.46. The largest absolute Gasteiger partial charge is 0.497 e. The van der Waals surface area contributed by atoms with Crippen LogP contribution in [0.15, 0.2) is 76.1 Å². The molecule has 36 heavy (non-hydrogen) atoms. The zero-order valence-corrected chi connectivity index (χ0v) is 21.4. The summed E-state index contributed by atoms with van der Waals surface area (Å²) in [6.07, 6.45) is 0.803. The fraction of sp³-hybridized carbons (Fsp3) is 0.308. The van der Waals surface area contributed by atoms with Gasteiger partial charge in [0.2, 0.25) is 10.0 Å². The lowest BCUT2D eigenvalue weighted by Gasteiger charge is -2.44. The summed E-state index contributed by atoms with van der Waals surface area (Å²) in [7, 11) is -1.09. The van der Waals surface area contributed by atoms with E-state index in [4.69, 9.17) is 20.3 Å². The van der Waals surface area contributed by atoms with Crippen LogP contribution in [0.3, 0.4) is 0 Å². The molecule has 4 rings (SSSR count). The monoisotopic (exact) mass is 511 g/mol. The number of primary sulfonamides is 1. The van der Waals surface area contributed by atoms with Gasteiger partial charge in [-0.1, -0.05) is 26.0 Å². The molecule has 0 radical (unpaired) electrons. The van der Waals surface area contributed by atoms with Crippen LogP contribution in [0.2, 0.25) is 0 Å². The third-order valence-electron chi connectivity index (χ3n) is 6.54. The van der Waals surface area contributed by atoms with Gasteiger partial charge in [-0.2, -0.15) is 0 Å². The van der Waals surface area contributed by atoms with Crippen LogP contribution in [0.1, 0.15) is 38.2 Å². The first kappa shape index (κ1) is 25.5. The molecule has 1 aliphatic heterocycles. The van der Waals surface area contributed by atoms with Crippen LogP contribution in [-0.2, 0) is 24.3 Å². The highest BCUT2D eigenvalue weighted by molar-refractivity contribution is 7.89. The van der Waals surface area contributed by atoms with Gasteiger partial charge >= 0.3 is 5.97 Å². The summed E-state index contributed by atoms with van der Waals surface area (Å²) in [4.78, 5) is 28.4. The average molecular weight is 512 g/mol. The van der Waals surface area contributed by atoms with E-state index < -0.39 is 21.9 Å². The highest BCUT2D eigenvalue weighted by atomic mass is 32.2. The number of rotatable bonds is 5. The van der Waals surface area contributed by atoms with Crippen molar-refractivity contribution in [2.75, 3.05) is 19.1 Å². The van der Waals surface area contributed by atoms with Gasteiger partial charge in [0.05, 0.1) is 30.6 Å². The van der Waals surface area contributed by atoms with E-state index >= 15 is 0 Å². The second kappa shape index (κ2) is 9.11. The minimum atomic E-state index is -3.91. The van der Waals surface area contributed by atoms with Crippen molar-refractivity contribution in [1.29, 1.82) is 0 Å². The first-order valence-electron chi connectivity index (χ1n) is 11.3. The van der Waals surface area contributed by atoms with Gasteiger partial charge < -0.3 is 15.2 Å². The molecule has 10 heteroatoms. The van der Waals surface area contributed by atoms with Crippen molar-refractivity contribution in [1.82, 2.24) is 0 Å². The molecule has 190 valence electrons. The number of carbonyl (C=O) groups is 2. The lowest BCUT2D eigenvalue weighted by atomic mass is 9.68. The number of allylic oxidation sites excluding steroid dienone is 2. The molecule has 4 N–H and O–H groups in total. The van der Waals surface area contributed by atoms with Crippen molar-refractivity contribution in [3.8, 4) is 5.75 Å². The Morgan fingerprint density at radius 3 is 2.17 bits per heavy atom. The fourth-order valence-electron chi connectivity index (χ4n) is 4.93. The summed E-state index contributed by atoms with van der Waals surface area (Å²) >= 11 is 0. The zero-order valence-electron chi connectivity index (χ0n) is 20.6. The van der Waals surface area contributed by atoms with E-state index in [0.717, 1.165) is 0 Å². The minimum absolute atomic E-state index is 0.0654. The molecule has 0 amide bonds. The van der Waals surface area contributed by atoms with Crippen LogP contribution in [0, 0.1) is 5.41 Å². The summed E-state index contributed by atoms with van der Waals surface area (Å²) in [6.45, 7) is 3.99. The van der Waals surface area contributed by atoms with Crippen LogP contribution in [0.4, 0.5) is 5.69 Å². The van der Waals surface area contributed by atoms with Crippen LogP contribution < -0.4 is 20.5 Å². The van der Waals surface area contributed by atoms with Crippen LogP contribution >= 0.6 is 0 Å². The lowest BCUT2D eigenvalue weighted by molar-refractivity contribution is -0.136. The van der Waals surface area contributed by atoms with Crippen molar-refractivity contribution >= 4 is 27.5 Å². The van der Waals surface area contributed by atoms with Gasteiger partial charge in [0.15, 0.2) is 5.78 Å². The summed E-state index contributed by atoms with van der Waals surface area (Å²) in [5, 5.41) is 5.26. The maximum Gasteiger partial charge on any atom is 0.338 e. The van der Waals surface area contributed by atoms with Crippen LogP contribution in [0.25, 0.3) is 0 Å². The number of benzene rings is 2. The molecule has 0 fully saturated rings.